The van der Waals surface area contributed by atoms with Crippen LogP contribution in [-0.4, -0.2) is 23.5 Å². The Morgan fingerprint density at radius 3 is 2.65 bits per heavy atom. The van der Waals surface area contributed by atoms with Crippen LogP contribution in [0.5, 0.6) is 0 Å². The number of carboxylic acids is 1. The number of rotatable bonds is 4. The van der Waals surface area contributed by atoms with E-state index in [2.05, 4.69) is 0 Å². The fourth-order valence-electron chi connectivity index (χ4n) is 1.78. The van der Waals surface area contributed by atoms with Gasteiger partial charge in [0.25, 0.3) is 5.91 Å². The number of carbonyl (C=O) groups is 2. The van der Waals surface area contributed by atoms with Crippen LogP contribution in [0, 0.1) is 6.92 Å². The van der Waals surface area contributed by atoms with E-state index in [0.717, 1.165) is 5.56 Å². The van der Waals surface area contributed by atoms with Crippen LogP contribution in [0.15, 0.2) is 35.0 Å². The predicted octanol–water partition coefficient (Wildman–Crippen LogP) is 3.44. The van der Waals surface area contributed by atoms with Crippen molar-refractivity contribution in [2.75, 3.05) is 11.4 Å². The second kappa shape index (κ2) is 6.07. The molecule has 1 N–H and O–H groups in total. The first-order chi connectivity index (χ1) is 9.49. The Kier molecular flexibility index (Phi) is 4.42. The van der Waals surface area contributed by atoms with Crippen molar-refractivity contribution < 1.29 is 14.7 Å². The van der Waals surface area contributed by atoms with Crippen LogP contribution in [0.1, 0.15) is 15.9 Å². The van der Waals surface area contributed by atoms with E-state index in [1.807, 2.05) is 12.3 Å². The average molecular weight is 310 g/mol. The van der Waals surface area contributed by atoms with Crippen LogP contribution in [0.4, 0.5) is 5.69 Å². The molecule has 20 heavy (non-hydrogen) atoms. The van der Waals surface area contributed by atoms with Crippen molar-refractivity contribution in [3.63, 3.8) is 0 Å². The van der Waals surface area contributed by atoms with Crippen molar-refractivity contribution >= 4 is 40.5 Å². The van der Waals surface area contributed by atoms with Crippen molar-refractivity contribution in [3.8, 4) is 0 Å². The van der Waals surface area contributed by atoms with E-state index in [0.29, 0.717) is 16.3 Å². The number of carboxylic acid groups (broad SMARTS) is 1. The molecule has 0 unspecified atom stereocenters. The van der Waals surface area contributed by atoms with E-state index in [1.165, 1.54) is 16.2 Å². The number of aliphatic carboxylic acids is 1. The van der Waals surface area contributed by atoms with Gasteiger partial charge in [0.05, 0.1) is 5.56 Å². The van der Waals surface area contributed by atoms with Gasteiger partial charge < -0.3 is 5.11 Å². The summed E-state index contributed by atoms with van der Waals surface area (Å²) in [6, 6.07) is 6.59. The number of aryl methyl sites for hydroxylation is 1. The minimum Gasteiger partial charge on any atom is -0.480 e. The SMILES string of the molecule is Cc1cscc1C(=O)N(CC(=O)O)c1cccc(Cl)c1. The van der Waals surface area contributed by atoms with Crippen molar-refractivity contribution in [3.05, 3.63) is 51.2 Å². The fourth-order valence-corrected chi connectivity index (χ4v) is 2.79. The van der Waals surface area contributed by atoms with Gasteiger partial charge >= 0.3 is 5.97 Å². The second-order valence-corrected chi connectivity index (χ2v) is 5.41. The lowest BCUT2D eigenvalue weighted by Crippen LogP contribution is -2.35. The van der Waals surface area contributed by atoms with Crippen molar-refractivity contribution in [2.45, 2.75) is 6.92 Å². The highest BCUT2D eigenvalue weighted by molar-refractivity contribution is 7.08. The Morgan fingerprint density at radius 1 is 1.35 bits per heavy atom. The van der Waals surface area contributed by atoms with Gasteiger partial charge in [-0.2, -0.15) is 11.3 Å². The van der Waals surface area contributed by atoms with Crippen LogP contribution < -0.4 is 4.90 Å². The minimum absolute atomic E-state index is 0.339. The number of hydrogen-bond donors (Lipinski definition) is 1. The molecule has 0 aliphatic carbocycles. The zero-order valence-corrected chi connectivity index (χ0v) is 12.2. The molecule has 4 nitrogen and oxygen atoms in total. The molecule has 0 spiro atoms. The summed E-state index contributed by atoms with van der Waals surface area (Å²) in [5.41, 5.74) is 1.81. The molecule has 0 bridgehead atoms. The van der Waals surface area contributed by atoms with Crippen LogP contribution in [0.2, 0.25) is 5.02 Å². The highest BCUT2D eigenvalue weighted by Crippen LogP contribution is 2.23. The Hall–Kier alpha value is -1.85. The highest BCUT2D eigenvalue weighted by Gasteiger charge is 2.22. The summed E-state index contributed by atoms with van der Waals surface area (Å²) in [4.78, 5) is 24.7. The van der Waals surface area contributed by atoms with Gasteiger partial charge in [-0.05, 0) is 36.1 Å². The molecule has 0 saturated carbocycles. The predicted molar refractivity (Wildman–Crippen MR) is 79.8 cm³/mol. The lowest BCUT2D eigenvalue weighted by Gasteiger charge is -2.21. The molecule has 0 saturated heterocycles. The fraction of sp³-hybridized carbons (Fsp3) is 0.143. The third-order valence-electron chi connectivity index (χ3n) is 2.74. The Bertz CT molecular complexity index is 653. The molecule has 2 rings (SSSR count). The molecular weight excluding hydrogens is 298 g/mol. The molecule has 1 aromatic carbocycles. The van der Waals surface area contributed by atoms with E-state index < -0.39 is 12.5 Å². The lowest BCUT2D eigenvalue weighted by atomic mass is 10.2. The number of benzene rings is 1. The van der Waals surface area contributed by atoms with E-state index in [-0.39, 0.29) is 5.91 Å². The summed E-state index contributed by atoms with van der Waals surface area (Å²) in [5, 5.41) is 13.0. The van der Waals surface area contributed by atoms with Crippen molar-refractivity contribution in [2.24, 2.45) is 0 Å². The number of hydrogen-bond acceptors (Lipinski definition) is 3. The zero-order valence-electron chi connectivity index (χ0n) is 10.7. The standard InChI is InChI=1S/C14H12ClNO3S/c1-9-7-20-8-12(9)14(19)16(6-13(17)18)11-4-2-3-10(15)5-11/h2-5,7-8H,6H2,1H3,(H,17,18). The number of amides is 1. The van der Waals surface area contributed by atoms with Gasteiger partial charge in [-0.1, -0.05) is 17.7 Å². The van der Waals surface area contributed by atoms with Crippen molar-refractivity contribution in [1.29, 1.82) is 0 Å². The van der Waals surface area contributed by atoms with Crippen molar-refractivity contribution in [1.82, 2.24) is 0 Å². The Balaban J connectivity index is 2.40. The zero-order chi connectivity index (χ0) is 14.7. The largest absolute Gasteiger partial charge is 0.480 e. The molecule has 2 aromatic rings. The number of anilines is 1. The van der Waals surface area contributed by atoms with E-state index in [4.69, 9.17) is 16.7 Å². The van der Waals surface area contributed by atoms with Gasteiger partial charge in [-0.15, -0.1) is 0 Å². The molecule has 0 atom stereocenters. The van der Waals surface area contributed by atoms with Gasteiger partial charge in [0.2, 0.25) is 0 Å². The topological polar surface area (TPSA) is 57.6 Å². The Labute approximate surface area is 125 Å². The Morgan fingerprint density at radius 2 is 2.10 bits per heavy atom. The maximum Gasteiger partial charge on any atom is 0.323 e. The normalized spacial score (nSPS) is 10.3. The molecule has 0 radical (unpaired) electrons. The third kappa shape index (κ3) is 3.18. The maximum atomic E-state index is 12.5. The van der Waals surface area contributed by atoms with Gasteiger partial charge in [0.15, 0.2) is 0 Å². The van der Waals surface area contributed by atoms with Crippen LogP contribution in [-0.2, 0) is 4.79 Å². The van der Waals surface area contributed by atoms with Crippen LogP contribution in [0.25, 0.3) is 0 Å². The lowest BCUT2D eigenvalue weighted by molar-refractivity contribution is -0.135. The van der Waals surface area contributed by atoms with Gasteiger partial charge in [-0.3, -0.25) is 14.5 Å². The number of nitrogens with zero attached hydrogens (tertiary/aromatic N) is 1. The third-order valence-corrected chi connectivity index (χ3v) is 3.84. The average Bonchev–Trinajstić information content (AvgIpc) is 2.81. The van der Waals surface area contributed by atoms with Gasteiger partial charge in [0.1, 0.15) is 6.54 Å². The van der Waals surface area contributed by atoms with E-state index in [9.17, 15) is 9.59 Å². The summed E-state index contributed by atoms with van der Waals surface area (Å²) < 4.78 is 0. The summed E-state index contributed by atoms with van der Waals surface area (Å²) in [6.07, 6.45) is 0. The first-order valence-electron chi connectivity index (χ1n) is 5.81. The molecule has 0 fully saturated rings. The summed E-state index contributed by atoms with van der Waals surface area (Å²) in [6.45, 7) is 1.41. The second-order valence-electron chi connectivity index (χ2n) is 4.23. The summed E-state index contributed by atoms with van der Waals surface area (Å²) >= 11 is 7.31. The highest BCUT2D eigenvalue weighted by atomic mass is 35.5. The first kappa shape index (κ1) is 14.6. The molecular formula is C14H12ClNO3S. The van der Waals surface area contributed by atoms with E-state index >= 15 is 0 Å². The van der Waals surface area contributed by atoms with Crippen LogP contribution in [0.3, 0.4) is 0 Å². The molecule has 0 aliphatic heterocycles. The molecule has 104 valence electrons. The molecule has 1 amide bonds. The number of carbonyl (C=O) groups excluding carboxylic acids is 1. The number of thiophene rings is 1. The van der Waals surface area contributed by atoms with E-state index in [1.54, 1.807) is 29.6 Å². The summed E-state index contributed by atoms with van der Waals surface area (Å²) in [5.74, 6) is -1.42. The monoisotopic (exact) mass is 309 g/mol. The molecule has 1 heterocycles. The molecule has 0 aliphatic rings. The van der Waals surface area contributed by atoms with Gasteiger partial charge in [-0.25, -0.2) is 0 Å². The quantitative estimate of drug-likeness (QED) is 0.941. The smallest absolute Gasteiger partial charge is 0.323 e. The molecule has 1 aromatic heterocycles. The van der Waals surface area contributed by atoms with Gasteiger partial charge in [0, 0.05) is 16.1 Å². The minimum atomic E-state index is -1.08. The first-order valence-corrected chi connectivity index (χ1v) is 7.13. The van der Waals surface area contributed by atoms with Crippen LogP contribution >= 0.6 is 22.9 Å². The number of halogens is 1. The summed E-state index contributed by atoms with van der Waals surface area (Å²) in [7, 11) is 0. The molecule has 6 heteroatoms. The maximum absolute atomic E-state index is 12.5.